The summed E-state index contributed by atoms with van der Waals surface area (Å²) in [6.45, 7) is 0. The molecule has 2 aromatic heterocycles. The van der Waals surface area contributed by atoms with E-state index < -0.39 is 8.26 Å². The Hall–Kier alpha value is -0.620. The lowest BCUT2D eigenvalue weighted by atomic mass is 10.3. The van der Waals surface area contributed by atoms with Crippen molar-refractivity contribution in [2.24, 2.45) is 0 Å². The zero-order chi connectivity index (χ0) is 12.0. The lowest BCUT2D eigenvalue weighted by Gasteiger charge is -1.92. The van der Waals surface area contributed by atoms with E-state index >= 15 is 0 Å². The SMILES string of the molecule is O=S(=O)(Cl)Cl.c1ccc(-c2cccs2)nc1. The van der Waals surface area contributed by atoms with Crippen LogP contribution in [-0.2, 0) is 8.26 Å². The van der Waals surface area contributed by atoms with Crippen LogP contribution in [0.4, 0.5) is 0 Å². The molecule has 0 aliphatic rings. The molecule has 7 heteroatoms. The molecule has 0 radical (unpaired) electrons. The van der Waals surface area contributed by atoms with Gasteiger partial charge in [0.2, 0.25) is 0 Å². The monoisotopic (exact) mass is 295 g/mol. The van der Waals surface area contributed by atoms with Crippen LogP contribution in [0.2, 0.25) is 0 Å². The number of halogens is 2. The first kappa shape index (κ1) is 13.4. The van der Waals surface area contributed by atoms with Crippen LogP contribution >= 0.6 is 32.7 Å². The second kappa shape index (κ2) is 6.20. The van der Waals surface area contributed by atoms with Gasteiger partial charge in [-0.05, 0) is 23.6 Å². The second-order valence-electron chi connectivity index (χ2n) is 2.57. The van der Waals surface area contributed by atoms with Gasteiger partial charge in [-0.1, -0.05) is 12.1 Å². The molecule has 2 heterocycles. The Morgan fingerprint density at radius 3 is 2.25 bits per heavy atom. The number of hydrogen-bond acceptors (Lipinski definition) is 4. The fourth-order valence-corrected chi connectivity index (χ4v) is 1.64. The number of rotatable bonds is 1. The minimum Gasteiger partial charge on any atom is -0.255 e. The van der Waals surface area contributed by atoms with Gasteiger partial charge in [-0.15, -0.1) is 11.3 Å². The van der Waals surface area contributed by atoms with E-state index in [1.165, 1.54) is 4.88 Å². The standard InChI is InChI=1S/C9H7NS.Cl2O2S/c1-2-6-10-8(4-1)9-5-3-7-11-9;1-5(2,3)4/h1-7H;. The molecule has 0 saturated carbocycles. The minimum atomic E-state index is -3.72. The van der Waals surface area contributed by atoms with Crippen LogP contribution in [0.1, 0.15) is 0 Å². The van der Waals surface area contributed by atoms with Crippen molar-refractivity contribution in [3.8, 4) is 10.6 Å². The van der Waals surface area contributed by atoms with Gasteiger partial charge in [0.1, 0.15) is 0 Å². The predicted octanol–water partition coefficient (Wildman–Crippen LogP) is 3.52. The molecule has 86 valence electrons. The molecule has 0 spiro atoms. The average Bonchev–Trinajstić information content (AvgIpc) is 2.69. The molecule has 0 aromatic carbocycles. The normalized spacial score (nSPS) is 10.4. The summed E-state index contributed by atoms with van der Waals surface area (Å²) in [5, 5.41) is 2.06. The fraction of sp³-hybridized carbons (Fsp3) is 0. The van der Waals surface area contributed by atoms with E-state index in [2.05, 4.69) is 37.8 Å². The van der Waals surface area contributed by atoms with Gasteiger partial charge < -0.3 is 0 Å². The molecule has 2 rings (SSSR count). The fourth-order valence-electron chi connectivity index (χ4n) is 0.933. The summed E-state index contributed by atoms with van der Waals surface area (Å²) in [7, 11) is 4.81. The highest BCUT2D eigenvalue weighted by Gasteiger charge is 1.95. The third kappa shape index (κ3) is 6.07. The Morgan fingerprint density at radius 2 is 1.81 bits per heavy atom. The lowest BCUT2D eigenvalue weighted by Crippen LogP contribution is -1.75. The van der Waals surface area contributed by atoms with Crippen molar-refractivity contribution in [2.45, 2.75) is 0 Å². The first-order chi connectivity index (χ1) is 7.47. The molecule has 16 heavy (non-hydrogen) atoms. The van der Waals surface area contributed by atoms with Gasteiger partial charge in [0.05, 0.1) is 10.6 Å². The number of nitrogens with zero attached hydrogens (tertiary/aromatic N) is 1. The number of thiophene rings is 1. The summed E-state index contributed by atoms with van der Waals surface area (Å²) >= 11 is 1.71. The van der Waals surface area contributed by atoms with Crippen LogP contribution in [0, 0.1) is 0 Å². The summed E-state index contributed by atoms with van der Waals surface area (Å²) in [4.78, 5) is 5.46. The molecule has 0 aliphatic carbocycles. The molecular weight excluding hydrogens is 289 g/mol. The zero-order valence-corrected chi connectivity index (χ0v) is 11.0. The topological polar surface area (TPSA) is 47.0 Å². The van der Waals surface area contributed by atoms with E-state index in [0.717, 1.165) is 5.69 Å². The molecule has 2 aromatic rings. The lowest BCUT2D eigenvalue weighted by molar-refractivity contribution is 0.621. The van der Waals surface area contributed by atoms with E-state index in [1.54, 1.807) is 11.3 Å². The molecule has 0 atom stereocenters. The molecule has 0 unspecified atom stereocenters. The Labute approximate surface area is 107 Å². The maximum atomic E-state index is 9.16. The number of hydrogen-bond donors (Lipinski definition) is 0. The quantitative estimate of drug-likeness (QED) is 0.756. The van der Waals surface area contributed by atoms with Crippen molar-refractivity contribution in [2.75, 3.05) is 0 Å². The van der Waals surface area contributed by atoms with Crippen LogP contribution in [0.5, 0.6) is 0 Å². The third-order valence-corrected chi connectivity index (χ3v) is 2.33. The van der Waals surface area contributed by atoms with Gasteiger partial charge in [0.25, 0.3) is 0 Å². The van der Waals surface area contributed by atoms with Crippen LogP contribution in [0.3, 0.4) is 0 Å². The van der Waals surface area contributed by atoms with Crippen molar-refractivity contribution >= 4 is 41.0 Å². The molecule has 3 nitrogen and oxygen atoms in total. The summed E-state index contributed by atoms with van der Waals surface area (Å²) in [6.07, 6.45) is 1.81. The molecule has 0 bridgehead atoms. The van der Waals surface area contributed by atoms with Gasteiger partial charge in [0, 0.05) is 27.6 Å². The van der Waals surface area contributed by atoms with Crippen molar-refractivity contribution in [1.82, 2.24) is 4.98 Å². The van der Waals surface area contributed by atoms with Gasteiger partial charge in [-0.2, -0.15) is 8.42 Å². The van der Waals surface area contributed by atoms with E-state index in [-0.39, 0.29) is 0 Å². The Kier molecular flexibility index (Phi) is 5.21. The van der Waals surface area contributed by atoms with Crippen LogP contribution in [-0.4, -0.2) is 13.4 Å². The van der Waals surface area contributed by atoms with Crippen LogP contribution in [0.15, 0.2) is 41.9 Å². The largest absolute Gasteiger partial charge is 0.317 e. The van der Waals surface area contributed by atoms with E-state index in [4.69, 9.17) is 8.42 Å². The van der Waals surface area contributed by atoms with Gasteiger partial charge >= 0.3 is 8.26 Å². The molecular formula is C9H7Cl2NO2S2. The average molecular weight is 296 g/mol. The molecule has 0 amide bonds. The highest BCUT2D eigenvalue weighted by Crippen LogP contribution is 2.21. The summed E-state index contributed by atoms with van der Waals surface area (Å²) in [5.74, 6) is 0. The zero-order valence-electron chi connectivity index (χ0n) is 7.88. The smallest absolute Gasteiger partial charge is 0.255 e. The van der Waals surface area contributed by atoms with Gasteiger partial charge in [0.15, 0.2) is 0 Å². The summed E-state index contributed by atoms with van der Waals surface area (Å²) in [6, 6.07) is 10.1. The maximum Gasteiger partial charge on any atom is 0.317 e. The maximum absolute atomic E-state index is 9.16. The van der Waals surface area contributed by atoms with Crippen LogP contribution in [0.25, 0.3) is 10.6 Å². The molecule has 0 aliphatic heterocycles. The summed E-state index contributed by atoms with van der Waals surface area (Å²) in [5.41, 5.74) is 1.06. The van der Waals surface area contributed by atoms with Gasteiger partial charge in [-0.3, -0.25) is 4.98 Å². The number of pyridine rings is 1. The first-order valence-corrected chi connectivity index (χ1v) is 8.07. The van der Waals surface area contributed by atoms with E-state index in [0.29, 0.717) is 0 Å². The first-order valence-electron chi connectivity index (χ1n) is 4.06. The molecule has 0 fully saturated rings. The minimum absolute atomic E-state index is 1.06. The molecule has 0 N–H and O–H groups in total. The summed E-state index contributed by atoms with van der Waals surface area (Å²) < 4.78 is 18.3. The molecule has 0 saturated heterocycles. The highest BCUT2D eigenvalue weighted by molar-refractivity contribution is 8.31. The Bertz CT molecular complexity index is 504. The van der Waals surface area contributed by atoms with Gasteiger partial charge in [-0.25, -0.2) is 0 Å². The van der Waals surface area contributed by atoms with E-state index in [9.17, 15) is 0 Å². The number of aromatic nitrogens is 1. The van der Waals surface area contributed by atoms with Crippen molar-refractivity contribution < 1.29 is 8.42 Å². The Morgan fingerprint density at radius 1 is 1.12 bits per heavy atom. The Balaban J connectivity index is 0.000000221. The van der Waals surface area contributed by atoms with Crippen molar-refractivity contribution in [1.29, 1.82) is 0 Å². The third-order valence-electron chi connectivity index (χ3n) is 1.44. The van der Waals surface area contributed by atoms with Crippen molar-refractivity contribution in [3.05, 3.63) is 41.9 Å². The van der Waals surface area contributed by atoms with E-state index in [1.807, 2.05) is 30.5 Å². The van der Waals surface area contributed by atoms with Crippen LogP contribution < -0.4 is 0 Å². The van der Waals surface area contributed by atoms with Crippen molar-refractivity contribution in [3.63, 3.8) is 0 Å². The highest BCUT2D eigenvalue weighted by atomic mass is 36.0. The predicted molar refractivity (Wildman–Crippen MR) is 68.2 cm³/mol. The second-order valence-corrected chi connectivity index (χ2v) is 7.19.